The minimum absolute atomic E-state index is 0.0699. The number of sulfone groups is 1. The number of carbonyl (C=O) groups is 1. The van der Waals surface area contributed by atoms with E-state index < -0.39 is 14.6 Å². The van der Waals surface area contributed by atoms with Crippen LogP contribution in [0.25, 0.3) is 0 Å². The predicted molar refractivity (Wildman–Crippen MR) is 78.4 cm³/mol. The zero-order chi connectivity index (χ0) is 15.1. The van der Waals surface area contributed by atoms with Crippen molar-refractivity contribution in [1.82, 2.24) is 9.88 Å². The molecule has 112 valence electrons. The summed E-state index contributed by atoms with van der Waals surface area (Å²) in [6, 6.07) is 1.97. The Balaban J connectivity index is 2.10. The lowest BCUT2D eigenvalue weighted by Crippen LogP contribution is -2.44. The Morgan fingerprint density at radius 2 is 2.10 bits per heavy atom. The molecule has 6 nitrogen and oxygen atoms in total. The zero-order valence-corrected chi connectivity index (χ0v) is 12.8. The fourth-order valence-electron chi connectivity index (χ4n) is 1.85. The molecule has 0 radical (unpaired) electrons. The molecule has 1 aliphatic carbocycles. The maximum atomic E-state index is 12.2. The van der Waals surface area contributed by atoms with Gasteiger partial charge in [0.25, 0.3) is 5.91 Å². The normalized spacial score (nSPS) is 16.1. The van der Waals surface area contributed by atoms with Crippen LogP contribution in [0.3, 0.4) is 0 Å². The molecular formula is C13H21N3O3S. The first-order valence-electron chi connectivity index (χ1n) is 6.57. The number of carbonyl (C=O) groups excluding carboxylic acids is 1. The first-order chi connectivity index (χ1) is 9.12. The zero-order valence-electron chi connectivity index (χ0n) is 12.0. The second-order valence-electron chi connectivity index (χ2n) is 6.01. The largest absolute Gasteiger partial charge is 0.397 e. The van der Waals surface area contributed by atoms with E-state index in [1.807, 2.05) is 4.57 Å². The van der Waals surface area contributed by atoms with Gasteiger partial charge in [0.1, 0.15) is 5.69 Å². The molecule has 1 saturated carbocycles. The van der Waals surface area contributed by atoms with Crippen LogP contribution < -0.4 is 11.1 Å². The summed E-state index contributed by atoms with van der Waals surface area (Å²) in [6.07, 6.45) is 5.02. The first kappa shape index (κ1) is 14.9. The van der Waals surface area contributed by atoms with E-state index in [4.69, 9.17) is 5.73 Å². The van der Waals surface area contributed by atoms with Crippen molar-refractivity contribution in [3.8, 4) is 0 Å². The molecule has 1 aromatic heterocycles. The number of hydrogen-bond acceptors (Lipinski definition) is 4. The van der Waals surface area contributed by atoms with Gasteiger partial charge in [-0.3, -0.25) is 4.79 Å². The van der Waals surface area contributed by atoms with E-state index in [1.165, 1.54) is 6.26 Å². The Bertz CT molecular complexity index is 627. The van der Waals surface area contributed by atoms with E-state index >= 15 is 0 Å². The molecule has 0 atom stereocenters. The molecule has 0 aliphatic heterocycles. The second kappa shape index (κ2) is 4.80. The van der Waals surface area contributed by atoms with Gasteiger partial charge < -0.3 is 15.6 Å². The molecule has 0 bridgehead atoms. The summed E-state index contributed by atoms with van der Waals surface area (Å²) in [7, 11) is -3.24. The van der Waals surface area contributed by atoms with Gasteiger partial charge in [-0.25, -0.2) is 8.42 Å². The van der Waals surface area contributed by atoms with E-state index in [2.05, 4.69) is 5.32 Å². The predicted octanol–water partition coefficient (Wildman–Crippen LogP) is 0.958. The highest BCUT2D eigenvalue weighted by Gasteiger charge is 2.32. The van der Waals surface area contributed by atoms with Crippen molar-refractivity contribution in [2.75, 3.05) is 18.5 Å². The summed E-state index contributed by atoms with van der Waals surface area (Å²) in [4.78, 5) is 12.2. The minimum atomic E-state index is -3.24. The smallest absolute Gasteiger partial charge is 0.268 e. The number of hydrogen-bond donors (Lipinski definition) is 2. The highest BCUT2D eigenvalue weighted by Crippen LogP contribution is 2.37. The molecule has 2 rings (SSSR count). The molecule has 20 heavy (non-hydrogen) atoms. The van der Waals surface area contributed by atoms with Gasteiger partial charge in [0.05, 0.1) is 10.4 Å². The summed E-state index contributed by atoms with van der Waals surface area (Å²) in [6.45, 7) is 3.26. The molecule has 7 heteroatoms. The number of nitrogens with two attached hydrogens (primary N) is 1. The van der Waals surface area contributed by atoms with Gasteiger partial charge in [-0.2, -0.15) is 0 Å². The number of nitrogen functional groups attached to an aromatic ring is 1. The Kier molecular flexibility index (Phi) is 3.58. The van der Waals surface area contributed by atoms with Crippen LogP contribution in [0.2, 0.25) is 0 Å². The Morgan fingerprint density at radius 1 is 1.50 bits per heavy atom. The maximum Gasteiger partial charge on any atom is 0.268 e. The van der Waals surface area contributed by atoms with Gasteiger partial charge in [0, 0.05) is 25.0 Å². The van der Waals surface area contributed by atoms with E-state index in [0.717, 1.165) is 12.8 Å². The van der Waals surface area contributed by atoms with Crippen molar-refractivity contribution in [2.45, 2.75) is 37.5 Å². The van der Waals surface area contributed by atoms with Gasteiger partial charge >= 0.3 is 0 Å². The van der Waals surface area contributed by atoms with Crippen molar-refractivity contribution in [3.63, 3.8) is 0 Å². The summed E-state index contributed by atoms with van der Waals surface area (Å²) < 4.78 is 24.1. The number of nitrogens with zero attached hydrogens (tertiary/aromatic N) is 1. The maximum absolute atomic E-state index is 12.2. The third kappa shape index (κ3) is 2.98. The van der Waals surface area contributed by atoms with Crippen LogP contribution >= 0.6 is 0 Å². The fourth-order valence-corrected chi connectivity index (χ4v) is 2.19. The fraction of sp³-hybridized carbons (Fsp3) is 0.615. The summed E-state index contributed by atoms with van der Waals surface area (Å²) in [5, 5.41) is 2.69. The van der Waals surface area contributed by atoms with E-state index in [-0.39, 0.29) is 12.5 Å². The summed E-state index contributed by atoms with van der Waals surface area (Å²) in [5.41, 5.74) is 6.78. The van der Waals surface area contributed by atoms with Gasteiger partial charge in [0.15, 0.2) is 9.84 Å². The van der Waals surface area contributed by atoms with Crippen LogP contribution in [0.4, 0.5) is 5.69 Å². The van der Waals surface area contributed by atoms with Gasteiger partial charge in [-0.05, 0) is 32.8 Å². The molecule has 1 amide bonds. The second-order valence-corrected chi connectivity index (χ2v) is 8.66. The van der Waals surface area contributed by atoms with Crippen LogP contribution in [0.15, 0.2) is 12.3 Å². The number of rotatable bonds is 5. The highest BCUT2D eigenvalue weighted by molar-refractivity contribution is 7.92. The highest BCUT2D eigenvalue weighted by atomic mass is 32.2. The molecular weight excluding hydrogens is 278 g/mol. The monoisotopic (exact) mass is 299 g/mol. The lowest BCUT2D eigenvalue weighted by atomic mass is 10.2. The van der Waals surface area contributed by atoms with Gasteiger partial charge in [0.2, 0.25) is 0 Å². The van der Waals surface area contributed by atoms with Crippen molar-refractivity contribution in [2.24, 2.45) is 0 Å². The Morgan fingerprint density at radius 3 is 2.60 bits per heavy atom. The SMILES string of the molecule is CC(C)(CNC(=O)c1cc(N)cn1C1CC1)S(C)(=O)=O. The van der Waals surface area contributed by atoms with Crippen LogP contribution in [0.5, 0.6) is 0 Å². The van der Waals surface area contributed by atoms with E-state index in [9.17, 15) is 13.2 Å². The van der Waals surface area contributed by atoms with E-state index in [0.29, 0.717) is 17.4 Å². The first-order valence-corrected chi connectivity index (χ1v) is 8.46. The molecule has 1 aliphatic rings. The average Bonchev–Trinajstić information content (AvgIpc) is 3.08. The summed E-state index contributed by atoms with van der Waals surface area (Å²) >= 11 is 0. The van der Waals surface area contributed by atoms with Crippen LogP contribution in [0, 0.1) is 0 Å². The van der Waals surface area contributed by atoms with E-state index in [1.54, 1.807) is 26.1 Å². The number of nitrogens with one attached hydrogen (secondary N) is 1. The topological polar surface area (TPSA) is 94.2 Å². The van der Waals surface area contributed by atoms with Crippen molar-refractivity contribution in [3.05, 3.63) is 18.0 Å². The summed E-state index contributed by atoms with van der Waals surface area (Å²) in [5.74, 6) is -0.287. The third-order valence-corrected chi connectivity index (χ3v) is 5.87. The third-order valence-electron chi connectivity index (χ3n) is 3.72. The number of anilines is 1. The Labute approximate surface area is 119 Å². The van der Waals surface area contributed by atoms with Crippen LogP contribution in [-0.2, 0) is 9.84 Å². The molecule has 0 aromatic carbocycles. The van der Waals surface area contributed by atoms with Crippen molar-refractivity contribution >= 4 is 21.4 Å². The number of amides is 1. The standard InChI is InChI=1S/C13H21N3O3S/c1-13(2,20(3,18)19)8-15-12(17)11-6-9(14)7-16(11)10-4-5-10/h6-7,10H,4-5,8,14H2,1-3H3,(H,15,17). The molecule has 1 heterocycles. The molecule has 0 unspecified atom stereocenters. The Hall–Kier alpha value is -1.50. The lowest BCUT2D eigenvalue weighted by Gasteiger charge is -2.22. The minimum Gasteiger partial charge on any atom is -0.397 e. The quantitative estimate of drug-likeness (QED) is 0.846. The van der Waals surface area contributed by atoms with Crippen molar-refractivity contribution < 1.29 is 13.2 Å². The van der Waals surface area contributed by atoms with Crippen molar-refractivity contribution in [1.29, 1.82) is 0 Å². The van der Waals surface area contributed by atoms with Crippen LogP contribution in [0.1, 0.15) is 43.2 Å². The molecule has 0 saturated heterocycles. The molecule has 1 fully saturated rings. The average molecular weight is 299 g/mol. The molecule has 0 spiro atoms. The number of aromatic nitrogens is 1. The lowest BCUT2D eigenvalue weighted by molar-refractivity contribution is 0.0941. The van der Waals surface area contributed by atoms with Crippen LogP contribution in [-0.4, -0.2) is 36.4 Å². The van der Waals surface area contributed by atoms with Gasteiger partial charge in [-0.1, -0.05) is 0 Å². The molecule has 1 aromatic rings. The van der Waals surface area contributed by atoms with Gasteiger partial charge in [-0.15, -0.1) is 0 Å². The molecule has 3 N–H and O–H groups in total.